The van der Waals surface area contributed by atoms with Gasteiger partial charge in [-0.15, -0.1) is 0 Å². The summed E-state index contributed by atoms with van der Waals surface area (Å²) >= 11 is 0. The summed E-state index contributed by atoms with van der Waals surface area (Å²) < 4.78 is 0. The standard InChI is InChI=1S/C22H25N3O2/c1-23-20(26)14-17-15-22(19-5-3-2-4-18(17)19)8-12-25(13-9-22)21(27)16-6-10-24-11-7-16/h2-7,10-11,17H,8-9,12-15H2,1H3,(H,23,26). The third-order valence-electron chi connectivity index (χ3n) is 6.25. The molecule has 1 atom stereocenters. The van der Waals surface area contributed by atoms with Crippen molar-refractivity contribution in [1.29, 1.82) is 0 Å². The van der Waals surface area contributed by atoms with E-state index in [1.807, 2.05) is 4.90 Å². The lowest BCUT2D eigenvalue weighted by Crippen LogP contribution is -2.44. The Morgan fingerprint density at radius 3 is 2.56 bits per heavy atom. The molecule has 0 radical (unpaired) electrons. The lowest BCUT2D eigenvalue weighted by atomic mass is 9.73. The molecule has 2 heterocycles. The van der Waals surface area contributed by atoms with Gasteiger partial charge in [0.2, 0.25) is 5.91 Å². The Morgan fingerprint density at radius 2 is 1.85 bits per heavy atom. The van der Waals surface area contributed by atoms with Gasteiger partial charge >= 0.3 is 0 Å². The number of carbonyl (C=O) groups is 2. The van der Waals surface area contributed by atoms with E-state index >= 15 is 0 Å². The van der Waals surface area contributed by atoms with Gasteiger partial charge in [0.15, 0.2) is 0 Å². The maximum absolute atomic E-state index is 12.7. The van der Waals surface area contributed by atoms with Crippen molar-refractivity contribution in [2.75, 3.05) is 20.1 Å². The molecule has 1 aromatic heterocycles. The molecule has 2 aliphatic rings. The van der Waals surface area contributed by atoms with Gasteiger partial charge in [-0.2, -0.15) is 0 Å². The molecule has 1 aromatic carbocycles. The Labute approximate surface area is 159 Å². The average Bonchev–Trinajstić information content (AvgIpc) is 3.02. The second-order valence-corrected chi connectivity index (χ2v) is 7.67. The van der Waals surface area contributed by atoms with E-state index < -0.39 is 0 Å². The highest BCUT2D eigenvalue weighted by atomic mass is 16.2. The molecule has 0 bridgehead atoms. The maximum atomic E-state index is 12.7. The first-order chi connectivity index (χ1) is 13.1. The van der Waals surface area contributed by atoms with Gasteiger partial charge in [0.05, 0.1) is 0 Å². The zero-order chi connectivity index (χ0) is 18.9. The van der Waals surface area contributed by atoms with Gasteiger partial charge in [-0.05, 0) is 53.9 Å². The van der Waals surface area contributed by atoms with Crippen LogP contribution in [0.2, 0.25) is 0 Å². The maximum Gasteiger partial charge on any atom is 0.253 e. The SMILES string of the molecule is CNC(=O)CC1CC2(CCN(C(=O)c3ccncc3)CC2)c2ccccc21. The zero-order valence-electron chi connectivity index (χ0n) is 15.6. The summed E-state index contributed by atoms with van der Waals surface area (Å²) in [6.07, 6.45) is 6.76. The summed E-state index contributed by atoms with van der Waals surface area (Å²) in [5, 5.41) is 2.76. The quantitative estimate of drug-likeness (QED) is 0.912. The number of piperidine rings is 1. The van der Waals surface area contributed by atoms with Crippen LogP contribution in [0.1, 0.15) is 53.1 Å². The minimum absolute atomic E-state index is 0.0837. The van der Waals surface area contributed by atoms with E-state index in [9.17, 15) is 9.59 Å². The number of aromatic nitrogens is 1. The zero-order valence-corrected chi connectivity index (χ0v) is 15.6. The van der Waals surface area contributed by atoms with Crippen LogP contribution in [0.3, 0.4) is 0 Å². The Balaban J connectivity index is 1.52. The second-order valence-electron chi connectivity index (χ2n) is 7.67. The molecule has 1 unspecified atom stereocenters. The van der Waals surface area contributed by atoms with E-state index in [2.05, 4.69) is 34.6 Å². The number of nitrogens with one attached hydrogen (secondary N) is 1. The molecular weight excluding hydrogens is 338 g/mol. The molecule has 1 saturated heterocycles. The molecule has 2 amide bonds. The number of amides is 2. The average molecular weight is 363 g/mol. The van der Waals surface area contributed by atoms with Gasteiger partial charge in [-0.1, -0.05) is 24.3 Å². The van der Waals surface area contributed by atoms with Gasteiger partial charge in [-0.25, -0.2) is 0 Å². The highest BCUT2D eigenvalue weighted by Crippen LogP contribution is 2.52. The number of hydrogen-bond acceptors (Lipinski definition) is 3. The van der Waals surface area contributed by atoms with Crippen molar-refractivity contribution in [3.63, 3.8) is 0 Å². The first kappa shape index (κ1) is 17.7. The highest BCUT2D eigenvalue weighted by molar-refractivity contribution is 5.94. The summed E-state index contributed by atoms with van der Waals surface area (Å²) in [6, 6.07) is 12.1. The van der Waals surface area contributed by atoms with E-state index in [1.54, 1.807) is 31.6 Å². The normalized spacial score (nSPS) is 20.3. The van der Waals surface area contributed by atoms with Crippen molar-refractivity contribution in [3.8, 4) is 0 Å². The molecule has 4 rings (SSSR count). The number of hydrogen-bond donors (Lipinski definition) is 1. The van der Waals surface area contributed by atoms with E-state index in [1.165, 1.54) is 11.1 Å². The van der Waals surface area contributed by atoms with Gasteiger partial charge in [0, 0.05) is 44.5 Å². The van der Waals surface area contributed by atoms with Gasteiger partial charge in [0.1, 0.15) is 0 Å². The molecule has 1 spiro atoms. The predicted octanol–water partition coefficient (Wildman–Crippen LogP) is 2.88. The van der Waals surface area contributed by atoms with Crippen LogP contribution in [0, 0.1) is 0 Å². The first-order valence-corrected chi connectivity index (χ1v) is 9.62. The first-order valence-electron chi connectivity index (χ1n) is 9.62. The number of benzene rings is 1. The molecule has 5 nitrogen and oxygen atoms in total. The largest absolute Gasteiger partial charge is 0.359 e. The summed E-state index contributed by atoms with van der Waals surface area (Å²) in [4.78, 5) is 30.7. The summed E-state index contributed by atoms with van der Waals surface area (Å²) in [7, 11) is 1.70. The van der Waals surface area contributed by atoms with E-state index in [0.29, 0.717) is 12.0 Å². The number of rotatable bonds is 3. The molecule has 2 aromatic rings. The van der Waals surface area contributed by atoms with Gasteiger partial charge < -0.3 is 10.2 Å². The van der Waals surface area contributed by atoms with Crippen molar-refractivity contribution in [2.45, 2.75) is 37.0 Å². The van der Waals surface area contributed by atoms with Crippen LogP contribution >= 0.6 is 0 Å². The minimum atomic E-state index is 0.0837. The molecular formula is C22H25N3O2. The lowest BCUT2D eigenvalue weighted by molar-refractivity contribution is -0.121. The Bertz CT molecular complexity index is 842. The molecule has 1 fully saturated rings. The third-order valence-corrected chi connectivity index (χ3v) is 6.25. The minimum Gasteiger partial charge on any atom is -0.359 e. The molecule has 1 aliphatic carbocycles. The predicted molar refractivity (Wildman–Crippen MR) is 104 cm³/mol. The van der Waals surface area contributed by atoms with Crippen LogP contribution in [0.25, 0.3) is 0 Å². The number of pyridine rings is 1. The number of carbonyl (C=O) groups excluding carboxylic acids is 2. The molecule has 1 N–H and O–H groups in total. The van der Waals surface area contributed by atoms with Crippen molar-refractivity contribution in [2.24, 2.45) is 0 Å². The van der Waals surface area contributed by atoms with Crippen molar-refractivity contribution < 1.29 is 9.59 Å². The summed E-state index contributed by atoms with van der Waals surface area (Å²) in [5.41, 5.74) is 3.49. The fourth-order valence-corrected chi connectivity index (χ4v) is 4.82. The van der Waals surface area contributed by atoms with E-state index in [4.69, 9.17) is 0 Å². The van der Waals surface area contributed by atoms with Gasteiger partial charge in [0.25, 0.3) is 5.91 Å². The van der Waals surface area contributed by atoms with Crippen LogP contribution in [0.4, 0.5) is 0 Å². The fourth-order valence-electron chi connectivity index (χ4n) is 4.82. The number of likely N-dealkylation sites (tertiary alicyclic amines) is 1. The fraction of sp³-hybridized carbons (Fsp3) is 0.409. The second kappa shape index (κ2) is 7.14. The number of nitrogens with zero attached hydrogens (tertiary/aromatic N) is 2. The monoisotopic (exact) mass is 363 g/mol. The Hall–Kier alpha value is -2.69. The molecule has 140 valence electrons. The highest BCUT2D eigenvalue weighted by Gasteiger charge is 2.46. The summed E-state index contributed by atoms with van der Waals surface area (Å²) in [6.45, 7) is 1.50. The van der Waals surface area contributed by atoms with Crippen LogP contribution < -0.4 is 5.32 Å². The number of fused-ring (bicyclic) bond motifs is 2. The van der Waals surface area contributed by atoms with Crippen LogP contribution in [-0.4, -0.2) is 41.8 Å². The Kier molecular flexibility index (Phi) is 4.68. The Morgan fingerprint density at radius 1 is 1.15 bits per heavy atom. The smallest absolute Gasteiger partial charge is 0.253 e. The van der Waals surface area contributed by atoms with E-state index in [-0.39, 0.29) is 23.1 Å². The van der Waals surface area contributed by atoms with Crippen LogP contribution in [0.15, 0.2) is 48.8 Å². The van der Waals surface area contributed by atoms with Gasteiger partial charge in [-0.3, -0.25) is 14.6 Å². The van der Waals surface area contributed by atoms with Crippen molar-refractivity contribution in [3.05, 3.63) is 65.5 Å². The van der Waals surface area contributed by atoms with Crippen LogP contribution in [0.5, 0.6) is 0 Å². The molecule has 1 aliphatic heterocycles. The third kappa shape index (κ3) is 3.22. The van der Waals surface area contributed by atoms with E-state index in [0.717, 1.165) is 32.4 Å². The molecule has 5 heteroatoms. The topological polar surface area (TPSA) is 62.3 Å². The molecule has 27 heavy (non-hydrogen) atoms. The van der Waals surface area contributed by atoms with Crippen molar-refractivity contribution >= 4 is 11.8 Å². The van der Waals surface area contributed by atoms with Crippen molar-refractivity contribution in [1.82, 2.24) is 15.2 Å². The molecule has 0 saturated carbocycles. The van der Waals surface area contributed by atoms with Crippen LogP contribution in [-0.2, 0) is 10.2 Å². The summed E-state index contributed by atoms with van der Waals surface area (Å²) in [5.74, 6) is 0.446. The lowest BCUT2D eigenvalue weighted by Gasteiger charge is -2.40.